The molecule has 19 heavy (non-hydrogen) atoms. The van der Waals surface area contributed by atoms with Gasteiger partial charge in [-0.05, 0) is 12.0 Å². The van der Waals surface area contributed by atoms with Crippen LogP contribution < -0.4 is 61.6 Å². The summed E-state index contributed by atoms with van der Waals surface area (Å²) >= 11 is 0. The van der Waals surface area contributed by atoms with Gasteiger partial charge in [0.15, 0.2) is 0 Å². The Hall–Kier alpha value is 0.401. The van der Waals surface area contributed by atoms with Crippen molar-refractivity contribution in [1.29, 1.82) is 0 Å². The number of pyridine rings is 1. The van der Waals surface area contributed by atoms with Gasteiger partial charge >= 0.3 is 58.4 Å². The number of nitrogens with zero attached hydrogens (tertiary/aromatic N) is 1. The predicted octanol–water partition coefficient (Wildman–Crippen LogP) is -0.809. The molecule has 1 aromatic rings. The first-order chi connectivity index (χ1) is 8.39. The average Bonchev–Trinajstić information content (AvgIpc) is 2.27. The predicted molar refractivity (Wildman–Crippen MR) is 64.1 cm³/mol. The SMILES string of the molecule is CC(C)COCCOc1cncc([B-](F)(F)F)c1.[K+]. The summed E-state index contributed by atoms with van der Waals surface area (Å²) in [5, 5.41) is 0. The van der Waals surface area contributed by atoms with E-state index in [0.29, 0.717) is 19.1 Å². The summed E-state index contributed by atoms with van der Waals surface area (Å²) in [6.07, 6.45) is 2.05. The van der Waals surface area contributed by atoms with Crippen LogP contribution >= 0.6 is 0 Å². The second-order valence-electron chi connectivity index (χ2n) is 4.35. The van der Waals surface area contributed by atoms with Crippen molar-refractivity contribution in [1.82, 2.24) is 4.98 Å². The van der Waals surface area contributed by atoms with Gasteiger partial charge in [0.25, 0.3) is 0 Å². The Bertz CT molecular complexity index is 377. The molecule has 0 spiro atoms. The van der Waals surface area contributed by atoms with Gasteiger partial charge < -0.3 is 22.4 Å². The fourth-order valence-electron chi connectivity index (χ4n) is 1.23. The molecular weight excluding hydrogens is 285 g/mol. The van der Waals surface area contributed by atoms with E-state index in [0.717, 1.165) is 12.3 Å². The number of hydrogen-bond acceptors (Lipinski definition) is 3. The van der Waals surface area contributed by atoms with Crippen molar-refractivity contribution < 1.29 is 73.8 Å². The Balaban J connectivity index is 0.00000324. The summed E-state index contributed by atoms with van der Waals surface area (Å²) in [5.74, 6) is 0.530. The monoisotopic (exact) mass is 301 g/mol. The molecule has 0 saturated carbocycles. The molecule has 0 amide bonds. The van der Waals surface area contributed by atoms with Crippen LogP contribution in [0, 0.1) is 5.92 Å². The molecule has 0 N–H and O–H groups in total. The van der Waals surface area contributed by atoms with Gasteiger partial charge in [0.2, 0.25) is 0 Å². The van der Waals surface area contributed by atoms with Gasteiger partial charge in [-0.1, -0.05) is 19.3 Å². The second-order valence-corrected chi connectivity index (χ2v) is 4.35. The molecule has 102 valence electrons. The Morgan fingerprint density at radius 2 is 1.89 bits per heavy atom. The summed E-state index contributed by atoms with van der Waals surface area (Å²) in [7, 11) is 0. The van der Waals surface area contributed by atoms with Gasteiger partial charge in [-0.25, -0.2) is 0 Å². The molecule has 0 aliphatic carbocycles. The molecule has 0 unspecified atom stereocenters. The number of aromatic nitrogens is 1. The Kier molecular flexibility index (Phi) is 9.56. The third-order valence-electron chi connectivity index (χ3n) is 2.06. The molecule has 0 bridgehead atoms. The van der Waals surface area contributed by atoms with E-state index in [9.17, 15) is 12.9 Å². The fourth-order valence-corrected chi connectivity index (χ4v) is 1.23. The molecule has 8 heteroatoms. The third kappa shape index (κ3) is 8.31. The van der Waals surface area contributed by atoms with Crippen molar-refractivity contribution in [3.05, 3.63) is 18.5 Å². The first kappa shape index (κ1) is 19.4. The van der Waals surface area contributed by atoms with E-state index < -0.39 is 12.4 Å². The summed E-state index contributed by atoms with van der Waals surface area (Å²) in [5.41, 5.74) is -0.754. The standard InChI is InChI=1S/C11H16BF3NO2.K/c1-9(2)8-17-3-4-18-11-5-10(6-16-7-11)12(13,14)15;/h5-7,9H,3-4,8H2,1-2H3;/q-1;+1. The van der Waals surface area contributed by atoms with Gasteiger partial charge in [0.05, 0.1) is 12.8 Å². The number of rotatable bonds is 7. The van der Waals surface area contributed by atoms with Crippen molar-refractivity contribution >= 4 is 12.4 Å². The van der Waals surface area contributed by atoms with E-state index >= 15 is 0 Å². The molecule has 1 rings (SSSR count). The van der Waals surface area contributed by atoms with Crippen LogP contribution in [0.4, 0.5) is 12.9 Å². The van der Waals surface area contributed by atoms with Gasteiger partial charge in [-0.3, -0.25) is 4.98 Å². The number of ether oxygens (including phenoxy) is 2. The van der Waals surface area contributed by atoms with Crippen LogP contribution in [0.1, 0.15) is 13.8 Å². The quantitative estimate of drug-likeness (QED) is 0.488. The maximum absolute atomic E-state index is 12.4. The first-order valence-corrected chi connectivity index (χ1v) is 5.75. The van der Waals surface area contributed by atoms with Gasteiger partial charge in [-0.2, -0.15) is 0 Å². The molecule has 0 atom stereocenters. The molecule has 1 heterocycles. The summed E-state index contributed by atoms with van der Waals surface area (Å²) in [6, 6.07) is 0.954. The van der Waals surface area contributed by atoms with E-state index in [1.54, 1.807) is 0 Å². The van der Waals surface area contributed by atoms with Gasteiger partial charge in [0, 0.05) is 12.8 Å². The molecule has 0 aromatic carbocycles. The first-order valence-electron chi connectivity index (χ1n) is 5.75. The minimum atomic E-state index is -5.03. The fraction of sp³-hybridized carbons (Fsp3) is 0.545. The van der Waals surface area contributed by atoms with Gasteiger partial charge in [-0.15, -0.1) is 0 Å². The maximum atomic E-state index is 12.4. The molecule has 0 radical (unpaired) electrons. The van der Waals surface area contributed by atoms with E-state index in [1.807, 2.05) is 13.8 Å². The molecule has 3 nitrogen and oxygen atoms in total. The van der Waals surface area contributed by atoms with Crippen molar-refractivity contribution in [2.75, 3.05) is 19.8 Å². The second kappa shape index (κ2) is 9.36. The minimum absolute atomic E-state index is 0. The normalized spacial score (nSPS) is 11.3. The summed E-state index contributed by atoms with van der Waals surface area (Å²) < 4.78 is 47.7. The van der Waals surface area contributed by atoms with Gasteiger partial charge in [0.1, 0.15) is 12.4 Å². The zero-order chi connectivity index (χ0) is 13.6. The van der Waals surface area contributed by atoms with Crippen LogP contribution in [-0.2, 0) is 4.74 Å². The zero-order valence-electron chi connectivity index (χ0n) is 11.4. The molecule has 0 saturated heterocycles. The molecule has 0 aliphatic heterocycles. The average molecular weight is 301 g/mol. The molecular formula is C11H16BF3KNO2. The van der Waals surface area contributed by atoms with Crippen molar-refractivity contribution in [3.8, 4) is 5.75 Å². The Morgan fingerprint density at radius 3 is 2.47 bits per heavy atom. The molecule has 0 fully saturated rings. The zero-order valence-corrected chi connectivity index (χ0v) is 14.5. The Morgan fingerprint density at radius 1 is 1.21 bits per heavy atom. The minimum Gasteiger partial charge on any atom is -0.490 e. The molecule has 0 aliphatic rings. The largest absolute Gasteiger partial charge is 1.00 e. The maximum Gasteiger partial charge on any atom is 1.00 e. The summed E-state index contributed by atoms with van der Waals surface area (Å²) in [4.78, 5) is 3.51. The van der Waals surface area contributed by atoms with E-state index in [1.165, 1.54) is 6.20 Å². The van der Waals surface area contributed by atoms with Crippen molar-refractivity contribution in [2.24, 2.45) is 5.92 Å². The van der Waals surface area contributed by atoms with Crippen LogP contribution in [0.25, 0.3) is 0 Å². The Labute approximate surface area is 153 Å². The van der Waals surface area contributed by atoms with Crippen LogP contribution in [0.15, 0.2) is 18.5 Å². The van der Waals surface area contributed by atoms with Crippen LogP contribution in [0.5, 0.6) is 5.75 Å². The topological polar surface area (TPSA) is 31.4 Å². The van der Waals surface area contributed by atoms with Crippen LogP contribution in [0.2, 0.25) is 0 Å². The third-order valence-corrected chi connectivity index (χ3v) is 2.06. The van der Waals surface area contributed by atoms with Crippen molar-refractivity contribution in [2.45, 2.75) is 13.8 Å². The summed E-state index contributed by atoms with van der Waals surface area (Å²) in [6.45, 7) is 0.155. The van der Waals surface area contributed by atoms with Crippen LogP contribution in [-0.4, -0.2) is 31.8 Å². The van der Waals surface area contributed by atoms with E-state index in [4.69, 9.17) is 9.47 Å². The van der Waals surface area contributed by atoms with Crippen LogP contribution in [0.3, 0.4) is 0 Å². The number of halogens is 3. The van der Waals surface area contributed by atoms with Crippen molar-refractivity contribution in [3.63, 3.8) is 0 Å². The number of hydrogen-bond donors (Lipinski definition) is 0. The molecule has 1 aromatic heterocycles. The van der Waals surface area contributed by atoms with E-state index in [2.05, 4.69) is 4.98 Å². The van der Waals surface area contributed by atoms with E-state index in [-0.39, 0.29) is 63.7 Å². The smallest absolute Gasteiger partial charge is 0.490 e.